The number of hydrogen-bond donors (Lipinski definition) is 0. The standard InChI is InChI=1S/C21H23N3S/c1-2-3-4-11-16-25-21-22-19(17-12-7-5-8-13-17)20(23-24-21)18-14-9-6-10-15-18/h5-10,12-15H,2-4,11,16H2,1H3. The first-order valence-electron chi connectivity index (χ1n) is 8.87. The van der Waals surface area contributed by atoms with E-state index in [0.29, 0.717) is 0 Å². The van der Waals surface area contributed by atoms with Crippen LogP contribution in [-0.2, 0) is 0 Å². The van der Waals surface area contributed by atoms with Gasteiger partial charge in [-0.15, -0.1) is 10.2 Å². The molecule has 3 nitrogen and oxygen atoms in total. The summed E-state index contributed by atoms with van der Waals surface area (Å²) in [5, 5.41) is 9.63. The second kappa shape index (κ2) is 9.33. The van der Waals surface area contributed by atoms with Crippen molar-refractivity contribution in [3.8, 4) is 22.5 Å². The minimum absolute atomic E-state index is 0.759. The molecule has 1 aromatic heterocycles. The first kappa shape index (κ1) is 17.6. The largest absolute Gasteiger partial charge is 0.219 e. The molecular weight excluding hydrogens is 326 g/mol. The van der Waals surface area contributed by atoms with Crippen molar-refractivity contribution in [1.82, 2.24) is 15.2 Å². The molecule has 0 spiro atoms. The summed E-state index contributed by atoms with van der Waals surface area (Å²) in [7, 11) is 0. The summed E-state index contributed by atoms with van der Waals surface area (Å²) in [5.74, 6) is 1.04. The third kappa shape index (κ3) is 4.89. The lowest BCUT2D eigenvalue weighted by molar-refractivity contribution is 0.705. The maximum atomic E-state index is 4.83. The van der Waals surface area contributed by atoms with E-state index in [1.807, 2.05) is 36.4 Å². The molecule has 0 atom stereocenters. The molecule has 0 aliphatic heterocycles. The topological polar surface area (TPSA) is 38.7 Å². The fourth-order valence-electron chi connectivity index (χ4n) is 2.65. The van der Waals surface area contributed by atoms with Gasteiger partial charge in [0.1, 0.15) is 11.4 Å². The van der Waals surface area contributed by atoms with Gasteiger partial charge in [-0.25, -0.2) is 4.98 Å². The summed E-state index contributed by atoms with van der Waals surface area (Å²) < 4.78 is 0. The molecule has 0 N–H and O–H groups in total. The highest BCUT2D eigenvalue weighted by Crippen LogP contribution is 2.29. The van der Waals surface area contributed by atoms with E-state index >= 15 is 0 Å². The molecule has 0 amide bonds. The van der Waals surface area contributed by atoms with Crippen molar-refractivity contribution in [3.63, 3.8) is 0 Å². The minimum atomic E-state index is 0.759. The quantitative estimate of drug-likeness (QED) is 0.376. The van der Waals surface area contributed by atoms with Gasteiger partial charge in [-0.05, 0) is 6.42 Å². The number of hydrogen-bond acceptors (Lipinski definition) is 4. The molecule has 0 radical (unpaired) electrons. The summed E-state index contributed by atoms with van der Waals surface area (Å²) in [6.45, 7) is 2.23. The summed E-state index contributed by atoms with van der Waals surface area (Å²) in [6, 6.07) is 20.4. The van der Waals surface area contributed by atoms with E-state index < -0.39 is 0 Å². The van der Waals surface area contributed by atoms with Crippen molar-refractivity contribution < 1.29 is 0 Å². The average Bonchev–Trinajstić information content (AvgIpc) is 2.69. The summed E-state index contributed by atoms with van der Waals surface area (Å²) in [5.41, 5.74) is 3.85. The van der Waals surface area contributed by atoms with Crippen molar-refractivity contribution in [3.05, 3.63) is 60.7 Å². The fraction of sp³-hybridized carbons (Fsp3) is 0.286. The summed E-state index contributed by atoms with van der Waals surface area (Å²) in [6.07, 6.45) is 5.02. The van der Waals surface area contributed by atoms with Crippen molar-refractivity contribution in [1.29, 1.82) is 0 Å². The van der Waals surface area contributed by atoms with Crippen LogP contribution in [0.5, 0.6) is 0 Å². The van der Waals surface area contributed by atoms with Crippen LogP contribution in [0, 0.1) is 0 Å². The zero-order valence-corrected chi connectivity index (χ0v) is 15.4. The summed E-state index contributed by atoms with van der Waals surface area (Å²) >= 11 is 1.70. The van der Waals surface area contributed by atoms with Gasteiger partial charge in [0.15, 0.2) is 0 Å². The molecule has 0 saturated carbocycles. The van der Waals surface area contributed by atoms with Gasteiger partial charge in [-0.1, -0.05) is 98.6 Å². The Hall–Kier alpha value is -2.20. The molecule has 0 unspecified atom stereocenters. The predicted molar refractivity (Wildman–Crippen MR) is 106 cm³/mol. The highest BCUT2D eigenvalue weighted by Gasteiger charge is 2.13. The van der Waals surface area contributed by atoms with Gasteiger partial charge in [0.25, 0.3) is 0 Å². The molecule has 0 aliphatic rings. The van der Waals surface area contributed by atoms with Crippen LogP contribution in [0.15, 0.2) is 65.8 Å². The van der Waals surface area contributed by atoms with E-state index in [4.69, 9.17) is 4.98 Å². The molecule has 0 bridgehead atoms. The first-order valence-corrected chi connectivity index (χ1v) is 9.85. The van der Waals surface area contributed by atoms with Crippen LogP contribution in [-0.4, -0.2) is 20.9 Å². The molecule has 4 heteroatoms. The lowest BCUT2D eigenvalue weighted by Crippen LogP contribution is -1.99. The Bertz CT molecular complexity index is 776. The molecule has 0 aliphatic carbocycles. The van der Waals surface area contributed by atoms with Crippen molar-refractivity contribution >= 4 is 11.8 Å². The van der Waals surface area contributed by atoms with Crippen LogP contribution < -0.4 is 0 Å². The Morgan fingerprint density at radius 2 is 1.36 bits per heavy atom. The third-order valence-electron chi connectivity index (χ3n) is 3.99. The van der Waals surface area contributed by atoms with Gasteiger partial charge < -0.3 is 0 Å². The molecule has 3 aromatic rings. The first-order chi connectivity index (χ1) is 12.4. The number of nitrogens with zero attached hydrogens (tertiary/aromatic N) is 3. The molecular formula is C21H23N3S. The van der Waals surface area contributed by atoms with E-state index in [-0.39, 0.29) is 0 Å². The predicted octanol–water partition coefficient (Wildman–Crippen LogP) is 5.88. The van der Waals surface area contributed by atoms with Gasteiger partial charge in [0.05, 0.1) is 0 Å². The molecule has 0 fully saturated rings. The van der Waals surface area contributed by atoms with Crippen molar-refractivity contribution in [2.75, 3.05) is 5.75 Å². The van der Waals surface area contributed by atoms with E-state index in [0.717, 1.165) is 33.4 Å². The Morgan fingerprint density at radius 1 is 0.720 bits per heavy atom. The zero-order chi connectivity index (χ0) is 17.3. The molecule has 128 valence electrons. The lowest BCUT2D eigenvalue weighted by atomic mass is 10.0. The van der Waals surface area contributed by atoms with Crippen LogP contribution in [0.25, 0.3) is 22.5 Å². The molecule has 2 aromatic carbocycles. The van der Waals surface area contributed by atoms with Crippen molar-refractivity contribution in [2.45, 2.75) is 37.8 Å². The summed E-state index contributed by atoms with van der Waals surface area (Å²) in [4.78, 5) is 4.83. The Balaban J connectivity index is 1.86. The highest BCUT2D eigenvalue weighted by molar-refractivity contribution is 7.99. The number of rotatable bonds is 8. The number of benzene rings is 2. The minimum Gasteiger partial charge on any atom is -0.219 e. The molecule has 25 heavy (non-hydrogen) atoms. The Kier molecular flexibility index (Phi) is 6.57. The number of unbranched alkanes of at least 4 members (excludes halogenated alkanes) is 3. The van der Waals surface area contributed by atoms with Gasteiger partial charge in [0, 0.05) is 16.9 Å². The lowest BCUT2D eigenvalue weighted by Gasteiger charge is -2.09. The molecule has 1 heterocycles. The van der Waals surface area contributed by atoms with E-state index in [2.05, 4.69) is 41.4 Å². The monoisotopic (exact) mass is 349 g/mol. The number of thioether (sulfide) groups is 1. The second-order valence-electron chi connectivity index (χ2n) is 5.93. The van der Waals surface area contributed by atoms with E-state index in [9.17, 15) is 0 Å². The molecule has 0 saturated heterocycles. The average molecular weight is 350 g/mol. The normalized spacial score (nSPS) is 10.8. The highest BCUT2D eigenvalue weighted by atomic mass is 32.2. The van der Waals surface area contributed by atoms with Crippen LogP contribution >= 0.6 is 11.8 Å². The maximum absolute atomic E-state index is 4.83. The van der Waals surface area contributed by atoms with Gasteiger partial charge in [-0.2, -0.15) is 0 Å². The van der Waals surface area contributed by atoms with Crippen LogP contribution in [0.3, 0.4) is 0 Å². The maximum Gasteiger partial charge on any atom is 0.209 e. The second-order valence-corrected chi connectivity index (χ2v) is 6.99. The van der Waals surface area contributed by atoms with Crippen LogP contribution in [0.1, 0.15) is 32.6 Å². The van der Waals surface area contributed by atoms with Gasteiger partial charge in [0.2, 0.25) is 5.16 Å². The van der Waals surface area contributed by atoms with Gasteiger partial charge >= 0.3 is 0 Å². The zero-order valence-electron chi connectivity index (χ0n) is 14.6. The van der Waals surface area contributed by atoms with Crippen LogP contribution in [0.4, 0.5) is 0 Å². The third-order valence-corrected chi connectivity index (χ3v) is 4.91. The van der Waals surface area contributed by atoms with Crippen molar-refractivity contribution in [2.24, 2.45) is 0 Å². The number of aromatic nitrogens is 3. The fourth-order valence-corrected chi connectivity index (χ4v) is 3.44. The van der Waals surface area contributed by atoms with Gasteiger partial charge in [-0.3, -0.25) is 0 Å². The Labute approximate surface area is 153 Å². The van der Waals surface area contributed by atoms with Crippen LogP contribution in [0.2, 0.25) is 0 Å². The SMILES string of the molecule is CCCCCCSc1nnc(-c2ccccc2)c(-c2ccccc2)n1. The smallest absolute Gasteiger partial charge is 0.209 e. The molecule has 3 rings (SSSR count). The van der Waals surface area contributed by atoms with E-state index in [1.54, 1.807) is 11.8 Å². The van der Waals surface area contributed by atoms with E-state index in [1.165, 1.54) is 25.7 Å². The Morgan fingerprint density at radius 3 is 2.00 bits per heavy atom.